The maximum Gasteiger partial charge on any atom is 0.263 e. The van der Waals surface area contributed by atoms with Gasteiger partial charge in [0.05, 0.1) is 24.2 Å². The summed E-state index contributed by atoms with van der Waals surface area (Å²) < 4.78 is 30.1. The fourth-order valence-electron chi connectivity index (χ4n) is 4.54. The van der Waals surface area contributed by atoms with E-state index in [4.69, 9.17) is 12.3 Å². The molecule has 2 heterocycles. The Morgan fingerprint density at radius 1 is 1.15 bits per heavy atom. The molecule has 0 saturated carbocycles. The highest BCUT2D eigenvalue weighted by Crippen LogP contribution is 2.46. The van der Waals surface area contributed by atoms with Crippen molar-refractivity contribution in [2.45, 2.75) is 6.43 Å². The molecule has 0 fully saturated rings. The number of carbonyl (C=O) groups excluding carboxylic acids is 1. The third-order valence-electron chi connectivity index (χ3n) is 6.12. The van der Waals surface area contributed by atoms with Crippen LogP contribution >= 0.6 is 0 Å². The highest BCUT2D eigenvalue weighted by Gasteiger charge is 2.27. The number of aliphatic imine (C=N–C) groups is 1. The summed E-state index contributed by atoms with van der Waals surface area (Å²) in [5.74, 6) is -0.102. The molecule has 3 aromatic carbocycles. The van der Waals surface area contributed by atoms with Crippen molar-refractivity contribution in [1.29, 1.82) is 0 Å². The van der Waals surface area contributed by atoms with Crippen LogP contribution in [0.25, 0.3) is 38.0 Å². The lowest BCUT2D eigenvalue weighted by Gasteiger charge is -2.18. The fraction of sp³-hybridized carbons (Fsp3) is 0.154. The van der Waals surface area contributed by atoms with E-state index in [1.165, 1.54) is 10.7 Å². The van der Waals surface area contributed by atoms with Gasteiger partial charge in [0.1, 0.15) is 6.54 Å². The molecule has 4 aromatic rings. The number of aryl methyl sites for hydroxylation is 1. The van der Waals surface area contributed by atoms with E-state index in [0.29, 0.717) is 44.4 Å². The van der Waals surface area contributed by atoms with Gasteiger partial charge >= 0.3 is 0 Å². The molecule has 1 aliphatic rings. The zero-order chi connectivity index (χ0) is 24.0. The van der Waals surface area contributed by atoms with Gasteiger partial charge in [0, 0.05) is 41.4 Å². The van der Waals surface area contributed by atoms with Crippen molar-refractivity contribution in [3.05, 3.63) is 82.8 Å². The third-order valence-corrected chi connectivity index (χ3v) is 6.12. The Morgan fingerprint density at radius 3 is 2.68 bits per heavy atom. The maximum absolute atomic E-state index is 14.3. The Kier molecular flexibility index (Phi) is 5.27. The van der Waals surface area contributed by atoms with Gasteiger partial charge in [-0.05, 0) is 28.5 Å². The molecule has 0 saturated heterocycles. The monoisotopic (exact) mass is 455 g/mol. The molecule has 0 aliphatic carbocycles. The lowest BCUT2D eigenvalue weighted by Crippen LogP contribution is -2.24. The van der Waals surface area contributed by atoms with Crippen molar-refractivity contribution < 1.29 is 13.6 Å². The SMILES string of the molecule is [C-]#[N+]c1c(-c2c(-c3ccc4c(c3)C(CN)=NCC4=O)cnn2C)c(C(F)F)cc2ccccc12. The van der Waals surface area contributed by atoms with Crippen LogP contribution in [-0.4, -0.2) is 34.4 Å². The number of carbonyl (C=O) groups is 1. The number of Topliss-reactive ketones (excluding diaryl/α,β-unsaturated/α-hetero) is 1. The number of benzene rings is 3. The lowest BCUT2D eigenvalue weighted by molar-refractivity contribution is 0.1000. The van der Waals surface area contributed by atoms with Gasteiger partial charge in [0.15, 0.2) is 5.78 Å². The number of alkyl halides is 2. The lowest BCUT2D eigenvalue weighted by atomic mass is 9.90. The standard InChI is InChI=1S/C26H19F2N5O/c1-30-24-16-6-4-3-5-14(16)10-19(26(27)28)23(24)25-20(12-32-33(25)2)15-7-8-17-18(9-15)21(11-29)31-13-22(17)34/h3-10,12,26H,11,13,29H2,2H3. The molecule has 168 valence electrons. The molecule has 2 N–H and O–H groups in total. The molecular weight excluding hydrogens is 436 g/mol. The molecule has 0 radical (unpaired) electrons. The normalized spacial score (nSPS) is 13.2. The van der Waals surface area contributed by atoms with Gasteiger partial charge in [0.25, 0.3) is 6.43 Å². The number of hydrogen-bond donors (Lipinski definition) is 1. The number of hydrogen-bond acceptors (Lipinski definition) is 4. The highest BCUT2D eigenvalue weighted by atomic mass is 19.3. The Balaban J connectivity index is 1.81. The molecule has 1 aliphatic heterocycles. The van der Waals surface area contributed by atoms with Crippen LogP contribution in [0, 0.1) is 6.57 Å². The quantitative estimate of drug-likeness (QED) is 0.422. The summed E-state index contributed by atoms with van der Waals surface area (Å²) in [6, 6.07) is 13.7. The molecule has 8 heteroatoms. The second-order valence-corrected chi connectivity index (χ2v) is 8.00. The predicted octanol–water partition coefficient (Wildman–Crippen LogP) is 5.34. The highest BCUT2D eigenvalue weighted by molar-refractivity contribution is 6.16. The van der Waals surface area contributed by atoms with Crippen molar-refractivity contribution in [3.8, 4) is 22.4 Å². The largest absolute Gasteiger partial charge is 0.325 e. The van der Waals surface area contributed by atoms with E-state index >= 15 is 0 Å². The minimum Gasteiger partial charge on any atom is -0.325 e. The van der Waals surface area contributed by atoms with Gasteiger partial charge in [-0.1, -0.05) is 36.4 Å². The van der Waals surface area contributed by atoms with Gasteiger partial charge in [-0.3, -0.25) is 14.5 Å². The summed E-state index contributed by atoms with van der Waals surface area (Å²) in [6.07, 6.45) is -1.21. The first kappa shape index (κ1) is 21.6. The number of aromatic nitrogens is 2. The third kappa shape index (κ3) is 3.29. The van der Waals surface area contributed by atoms with E-state index < -0.39 is 6.43 Å². The molecule has 5 rings (SSSR count). The Hall–Kier alpha value is -4.22. The summed E-state index contributed by atoms with van der Waals surface area (Å²) in [7, 11) is 1.66. The van der Waals surface area contributed by atoms with Crippen LogP contribution in [-0.2, 0) is 7.05 Å². The van der Waals surface area contributed by atoms with E-state index in [1.54, 1.807) is 55.7 Å². The predicted molar refractivity (Wildman–Crippen MR) is 128 cm³/mol. The van der Waals surface area contributed by atoms with Crippen LogP contribution in [0.3, 0.4) is 0 Å². The van der Waals surface area contributed by atoms with Gasteiger partial charge < -0.3 is 5.73 Å². The molecule has 0 amide bonds. The van der Waals surface area contributed by atoms with Crippen molar-refractivity contribution in [2.75, 3.05) is 13.1 Å². The smallest absolute Gasteiger partial charge is 0.263 e. The molecule has 6 nitrogen and oxygen atoms in total. The number of rotatable bonds is 4. The fourth-order valence-corrected chi connectivity index (χ4v) is 4.54. The molecule has 0 spiro atoms. The Bertz CT molecular complexity index is 1550. The van der Waals surface area contributed by atoms with Crippen LogP contribution in [0.4, 0.5) is 14.5 Å². The van der Waals surface area contributed by atoms with Crippen molar-refractivity contribution in [1.82, 2.24) is 9.78 Å². The summed E-state index contributed by atoms with van der Waals surface area (Å²) in [5, 5.41) is 5.51. The minimum absolute atomic E-state index is 0.0558. The summed E-state index contributed by atoms with van der Waals surface area (Å²) in [4.78, 5) is 20.3. The first-order chi connectivity index (χ1) is 16.4. The Labute approximate surface area is 194 Å². The number of ketones is 1. The van der Waals surface area contributed by atoms with Crippen LogP contribution in [0.5, 0.6) is 0 Å². The van der Waals surface area contributed by atoms with Crippen LogP contribution in [0.2, 0.25) is 0 Å². The Morgan fingerprint density at radius 2 is 1.94 bits per heavy atom. The van der Waals surface area contributed by atoms with Crippen LogP contribution in [0.15, 0.2) is 59.7 Å². The van der Waals surface area contributed by atoms with Gasteiger partial charge in [-0.25, -0.2) is 13.6 Å². The second-order valence-electron chi connectivity index (χ2n) is 8.00. The zero-order valence-electron chi connectivity index (χ0n) is 18.2. The molecule has 0 bridgehead atoms. The molecule has 0 atom stereocenters. The number of fused-ring (bicyclic) bond motifs is 2. The average molecular weight is 455 g/mol. The van der Waals surface area contributed by atoms with Crippen LogP contribution < -0.4 is 5.73 Å². The summed E-state index contributed by atoms with van der Waals surface area (Å²) in [5.41, 5.74) is 9.34. The van der Waals surface area contributed by atoms with Gasteiger partial charge in [0.2, 0.25) is 5.69 Å². The van der Waals surface area contributed by atoms with E-state index in [9.17, 15) is 13.6 Å². The van der Waals surface area contributed by atoms with Crippen molar-refractivity contribution in [2.24, 2.45) is 17.8 Å². The summed E-state index contributed by atoms with van der Waals surface area (Å²) >= 11 is 0. The van der Waals surface area contributed by atoms with Gasteiger partial charge in [-0.15, -0.1) is 0 Å². The van der Waals surface area contributed by atoms with E-state index in [-0.39, 0.29) is 35.7 Å². The van der Waals surface area contributed by atoms with Crippen LogP contribution in [0.1, 0.15) is 27.9 Å². The summed E-state index contributed by atoms with van der Waals surface area (Å²) in [6.45, 7) is 8.06. The van der Waals surface area contributed by atoms with Crippen molar-refractivity contribution >= 4 is 28.0 Å². The minimum atomic E-state index is -2.79. The van der Waals surface area contributed by atoms with E-state index in [0.717, 1.165) is 0 Å². The molecular formula is C26H19F2N5O. The zero-order valence-corrected chi connectivity index (χ0v) is 18.2. The number of halogens is 2. The van der Waals surface area contributed by atoms with E-state index in [1.807, 2.05) is 0 Å². The topological polar surface area (TPSA) is 77.6 Å². The second kappa shape index (κ2) is 8.28. The molecule has 34 heavy (non-hydrogen) atoms. The number of nitrogens with zero attached hydrogens (tertiary/aromatic N) is 4. The van der Waals surface area contributed by atoms with E-state index in [2.05, 4.69) is 14.9 Å². The average Bonchev–Trinajstić information content (AvgIpc) is 3.23. The first-order valence-corrected chi connectivity index (χ1v) is 10.6. The maximum atomic E-state index is 14.3. The number of nitrogens with two attached hydrogens (primary N) is 1. The van der Waals surface area contributed by atoms with Gasteiger partial charge in [-0.2, -0.15) is 5.10 Å². The first-order valence-electron chi connectivity index (χ1n) is 10.6. The molecule has 1 aromatic heterocycles. The molecule has 0 unspecified atom stereocenters. The van der Waals surface area contributed by atoms with Crippen molar-refractivity contribution in [3.63, 3.8) is 0 Å².